The summed E-state index contributed by atoms with van der Waals surface area (Å²) in [6.07, 6.45) is 4.41. The van der Waals surface area contributed by atoms with Gasteiger partial charge in [0.2, 0.25) is 0 Å². The lowest BCUT2D eigenvalue weighted by molar-refractivity contribution is 1.18. The Morgan fingerprint density at radius 2 is 0.704 bits per heavy atom. The summed E-state index contributed by atoms with van der Waals surface area (Å²) in [6.45, 7) is 4.37. The Morgan fingerprint density at radius 1 is 0.333 bits per heavy atom. The maximum Gasteiger partial charge on any atom is 0.0547 e. The fourth-order valence-corrected chi connectivity index (χ4v) is 8.29. The number of hydrogen-bond acceptors (Lipinski definition) is 0. The van der Waals surface area contributed by atoms with Gasteiger partial charge in [-0.05, 0) is 107 Å². The number of fused-ring (bicyclic) bond motifs is 6. The number of benzene rings is 8. The molecule has 2 heteroatoms. The highest BCUT2D eigenvalue weighted by atomic mass is 15.0. The molecule has 0 atom stereocenters. The number of aromatic nitrogens is 2. The van der Waals surface area contributed by atoms with Gasteiger partial charge >= 0.3 is 0 Å². The van der Waals surface area contributed by atoms with Gasteiger partial charge in [0.25, 0.3) is 0 Å². The van der Waals surface area contributed by atoms with E-state index in [0.29, 0.717) is 0 Å². The number of hydrogen-bond donors (Lipinski definition) is 0. The zero-order chi connectivity index (χ0) is 36.2. The van der Waals surface area contributed by atoms with E-state index in [2.05, 4.69) is 217 Å². The van der Waals surface area contributed by atoms with Gasteiger partial charge in [-0.3, -0.25) is 0 Å². The molecule has 0 saturated heterocycles. The molecule has 0 aliphatic heterocycles. The SMILES string of the molecule is Cc1ccccc1-c1ccc2c3ccccc3n(-c3ccc(C=Cc4ccc(-n5c6ccccc6c6ccc(-c7ccccc7C)cc65)cc4)cc3)c2c1. The average Bonchev–Trinajstić information content (AvgIpc) is 3.73. The van der Waals surface area contributed by atoms with Crippen molar-refractivity contribution in [3.63, 3.8) is 0 Å². The van der Waals surface area contributed by atoms with Crippen LogP contribution in [0.4, 0.5) is 0 Å². The minimum absolute atomic E-state index is 1.15. The van der Waals surface area contributed by atoms with Gasteiger partial charge in [0.1, 0.15) is 0 Å². The lowest BCUT2D eigenvalue weighted by Crippen LogP contribution is -1.94. The van der Waals surface area contributed by atoms with Crippen LogP contribution in [0.5, 0.6) is 0 Å². The van der Waals surface area contributed by atoms with Gasteiger partial charge in [-0.25, -0.2) is 0 Å². The minimum atomic E-state index is 1.15. The molecule has 0 aliphatic carbocycles. The van der Waals surface area contributed by atoms with E-state index in [0.717, 1.165) is 22.5 Å². The molecule has 8 aromatic carbocycles. The zero-order valence-corrected chi connectivity index (χ0v) is 30.4. The Kier molecular flexibility index (Phi) is 7.63. The van der Waals surface area contributed by atoms with Crippen LogP contribution in [0.3, 0.4) is 0 Å². The van der Waals surface area contributed by atoms with Crippen molar-refractivity contribution >= 4 is 55.8 Å². The average molecular weight is 691 g/mol. The normalized spacial score (nSPS) is 11.8. The van der Waals surface area contributed by atoms with Crippen LogP contribution in [0.15, 0.2) is 182 Å². The van der Waals surface area contributed by atoms with E-state index >= 15 is 0 Å². The molecule has 2 heterocycles. The molecule has 0 saturated carbocycles. The van der Waals surface area contributed by atoms with Crippen LogP contribution in [-0.2, 0) is 0 Å². The van der Waals surface area contributed by atoms with E-state index in [1.54, 1.807) is 0 Å². The van der Waals surface area contributed by atoms with Gasteiger partial charge in [-0.2, -0.15) is 0 Å². The van der Waals surface area contributed by atoms with E-state index in [-0.39, 0.29) is 0 Å². The van der Waals surface area contributed by atoms with Crippen LogP contribution in [0.1, 0.15) is 22.3 Å². The second-order valence-corrected chi connectivity index (χ2v) is 14.3. The van der Waals surface area contributed by atoms with Crippen molar-refractivity contribution in [3.05, 3.63) is 204 Å². The Bertz CT molecular complexity index is 2830. The fraction of sp³-hybridized carbons (Fsp3) is 0.0385. The fourth-order valence-electron chi connectivity index (χ4n) is 8.29. The number of para-hydroxylation sites is 2. The molecule has 0 bridgehead atoms. The Hall–Kier alpha value is -6.90. The first-order valence-electron chi connectivity index (χ1n) is 18.7. The van der Waals surface area contributed by atoms with Crippen molar-refractivity contribution in [2.45, 2.75) is 13.8 Å². The maximum atomic E-state index is 2.40. The Balaban J connectivity index is 0.971. The molecule has 2 nitrogen and oxygen atoms in total. The van der Waals surface area contributed by atoms with Crippen LogP contribution in [0, 0.1) is 13.8 Å². The van der Waals surface area contributed by atoms with Crippen molar-refractivity contribution in [1.29, 1.82) is 0 Å². The van der Waals surface area contributed by atoms with Crippen LogP contribution >= 0.6 is 0 Å². The van der Waals surface area contributed by atoms with Crippen molar-refractivity contribution < 1.29 is 0 Å². The van der Waals surface area contributed by atoms with E-state index in [1.807, 2.05) is 0 Å². The number of aryl methyl sites for hydroxylation is 2. The molecule has 256 valence electrons. The van der Waals surface area contributed by atoms with Gasteiger partial charge in [-0.1, -0.05) is 146 Å². The van der Waals surface area contributed by atoms with Crippen molar-refractivity contribution in [1.82, 2.24) is 9.13 Å². The van der Waals surface area contributed by atoms with Crippen molar-refractivity contribution in [2.24, 2.45) is 0 Å². The van der Waals surface area contributed by atoms with Gasteiger partial charge in [0, 0.05) is 32.9 Å². The Morgan fingerprint density at radius 3 is 1.13 bits per heavy atom. The molecular weight excluding hydrogens is 653 g/mol. The van der Waals surface area contributed by atoms with Crippen LogP contribution in [0.25, 0.3) is 89.4 Å². The van der Waals surface area contributed by atoms with Crippen LogP contribution in [-0.4, -0.2) is 9.13 Å². The van der Waals surface area contributed by atoms with Crippen LogP contribution < -0.4 is 0 Å². The van der Waals surface area contributed by atoms with E-state index in [9.17, 15) is 0 Å². The summed E-state index contributed by atoms with van der Waals surface area (Å²) in [7, 11) is 0. The second kappa shape index (κ2) is 12.9. The maximum absolute atomic E-state index is 2.40. The van der Waals surface area contributed by atoms with Gasteiger partial charge in [0.15, 0.2) is 0 Å². The highest BCUT2D eigenvalue weighted by molar-refractivity contribution is 6.11. The molecule has 2 aromatic heterocycles. The van der Waals surface area contributed by atoms with Crippen molar-refractivity contribution in [2.75, 3.05) is 0 Å². The summed E-state index contributed by atoms with van der Waals surface area (Å²) in [4.78, 5) is 0. The lowest BCUT2D eigenvalue weighted by atomic mass is 9.99. The van der Waals surface area contributed by atoms with E-state index < -0.39 is 0 Å². The predicted molar refractivity (Wildman–Crippen MR) is 231 cm³/mol. The van der Waals surface area contributed by atoms with Gasteiger partial charge in [-0.15, -0.1) is 0 Å². The van der Waals surface area contributed by atoms with Gasteiger partial charge in [0.05, 0.1) is 22.1 Å². The van der Waals surface area contributed by atoms with E-state index in [4.69, 9.17) is 0 Å². The monoisotopic (exact) mass is 690 g/mol. The first-order chi connectivity index (χ1) is 26.6. The second-order valence-electron chi connectivity index (χ2n) is 14.3. The highest BCUT2D eigenvalue weighted by Crippen LogP contribution is 2.37. The molecule has 0 spiro atoms. The summed E-state index contributed by atoms with van der Waals surface area (Å²) in [5, 5.41) is 5.07. The summed E-state index contributed by atoms with van der Waals surface area (Å²) >= 11 is 0. The van der Waals surface area contributed by atoms with E-state index in [1.165, 1.54) is 77.0 Å². The largest absolute Gasteiger partial charge is 0.309 e. The van der Waals surface area contributed by atoms with Crippen molar-refractivity contribution in [3.8, 4) is 33.6 Å². The summed E-state index contributed by atoms with van der Waals surface area (Å²) < 4.78 is 4.80. The quantitative estimate of drug-likeness (QED) is 0.154. The molecule has 54 heavy (non-hydrogen) atoms. The first-order valence-corrected chi connectivity index (χ1v) is 18.7. The third-order valence-corrected chi connectivity index (χ3v) is 11.0. The summed E-state index contributed by atoms with van der Waals surface area (Å²) in [6, 6.07) is 66.3. The standard InChI is InChI=1S/C52H38N2/c1-35-11-3-5-13-43(35)39-25-31-47-45-15-7-9-17-49(45)53(51(47)33-39)41-27-21-37(22-28-41)19-20-38-23-29-42(30-24-38)54-50-18-10-8-16-46(50)48-32-26-40(34-52(48)54)44-14-6-4-12-36(44)2/h3-34H,1-2H3. The molecule has 0 radical (unpaired) electrons. The highest BCUT2D eigenvalue weighted by Gasteiger charge is 2.15. The topological polar surface area (TPSA) is 9.86 Å². The molecule has 10 aromatic rings. The lowest BCUT2D eigenvalue weighted by Gasteiger charge is -2.11. The zero-order valence-electron chi connectivity index (χ0n) is 30.4. The predicted octanol–water partition coefficient (Wildman–Crippen LogP) is 14.0. The molecule has 0 unspecified atom stereocenters. The molecule has 0 fully saturated rings. The molecule has 0 N–H and O–H groups in total. The molecule has 0 aliphatic rings. The minimum Gasteiger partial charge on any atom is -0.309 e. The van der Waals surface area contributed by atoms with Crippen LogP contribution in [0.2, 0.25) is 0 Å². The first kappa shape index (κ1) is 31.8. The summed E-state index contributed by atoms with van der Waals surface area (Å²) in [5.74, 6) is 0. The van der Waals surface area contributed by atoms with Gasteiger partial charge < -0.3 is 9.13 Å². The molecular formula is C52H38N2. The molecule has 10 rings (SSSR count). The third kappa shape index (κ3) is 5.35. The Labute approximate surface area is 315 Å². The summed E-state index contributed by atoms with van der Waals surface area (Å²) in [5.41, 5.74) is 17.1. The third-order valence-electron chi connectivity index (χ3n) is 11.0. The number of nitrogens with zero attached hydrogens (tertiary/aromatic N) is 2. The smallest absolute Gasteiger partial charge is 0.0547 e. The molecule has 0 amide bonds. The number of rotatable bonds is 6.